The minimum atomic E-state index is -0.398. The van der Waals surface area contributed by atoms with Gasteiger partial charge in [0.1, 0.15) is 5.69 Å². The lowest BCUT2D eigenvalue weighted by molar-refractivity contribution is -0.119. The number of nitrogens with zero attached hydrogens (tertiary/aromatic N) is 3. The van der Waals surface area contributed by atoms with Crippen molar-refractivity contribution in [3.63, 3.8) is 0 Å². The lowest BCUT2D eigenvalue weighted by Gasteiger charge is -2.11. The van der Waals surface area contributed by atoms with Crippen LogP contribution in [0.25, 0.3) is 11.1 Å². The van der Waals surface area contributed by atoms with Crippen molar-refractivity contribution in [1.29, 1.82) is 5.26 Å². The van der Waals surface area contributed by atoms with E-state index in [1.165, 1.54) is 11.3 Å². The van der Waals surface area contributed by atoms with E-state index in [9.17, 15) is 14.9 Å². The highest BCUT2D eigenvalue weighted by atomic mass is 32.1. The van der Waals surface area contributed by atoms with Crippen molar-refractivity contribution in [2.24, 2.45) is 10.9 Å². The van der Waals surface area contributed by atoms with Gasteiger partial charge in [-0.3, -0.25) is 4.79 Å². The van der Waals surface area contributed by atoms with Crippen LogP contribution in [0.2, 0.25) is 0 Å². The average Bonchev–Trinajstić information content (AvgIpc) is 3.63. The molecule has 0 atom stereocenters. The largest absolute Gasteiger partial charge is 0.461 e. The molecule has 1 saturated carbocycles. The number of benzene rings is 2. The Morgan fingerprint density at radius 2 is 1.88 bits per heavy atom. The molecular formula is C26H25N3O3S. The molecule has 1 aliphatic carbocycles. The van der Waals surface area contributed by atoms with Crippen LogP contribution in [0.15, 0.2) is 53.5 Å². The second-order valence-corrected chi connectivity index (χ2v) is 8.96. The SMILES string of the molecule is CCOC(=O)c1c(CC)sc(=NC(=O)C2CC2)n1Cc1ccc(-c2ccccc2C#N)cc1. The fourth-order valence-corrected chi connectivity index (χ4v) is 4.73. The van der Waals surface area contributed by atoms with Gasteiger partial charge in [0.15, 0.2) is 4.80 Å². The van der Waals surface area contributed by atoms with Crippen LogP contribution in [-0.4, -0.2) is 23.1 Å². The number of esters is 1. The van der Waals surface area contributed by atoms with Crippen LogP contribution in [0.5, 0.6) is 0 Å². The molecule has 4 rings (SSSR count). The number of amides is 1. The molecular weight excluding hydrogens is 434 g/mol. The summed E-state index contributed by atoms with van der Waals surface area (Å²) < 4.78 is 7.12. The van der Waals surface area contributed by atoms with E-state index in [2.05, 4.69) is 11.1 Å². The van der Waals surface area contributed by atoms with Crippen LogP contribution in [0, 0.1) is 17.2 Å². The Morgan fingerprint density at radius 3 is 2.52 bits per heavy atom. The van der Waals surface area contributed by atoms with Crippen LogP contribution in [0.1, 0.15) is 53.2 Å². The molecule has 7 heteroatoms. The fourth-order valence-electron chi connectivity index (χ4n) is 3.67. The number of ether oxygens (including phenoxy) is 1. The maximum absolute atomic E-state index is 12.8. The van der Waals surface area contributed by atoms with Gasteiger partial charge >= 0.3 is 5.97 Å². The topological polar surface area (TPSA) is 84.4 Å². The van der Waals surface area contributed by atoms with Gasteiger partial charge in [-0.2, -0.15) is 10.3 Å². The van der Waals surface area contributed by atoms with Crippen LogP contribution >= 0.6 is 11.3 Å². The number of hydrogen-bond acceptors (Lipinski definition) is 5. The van der Waals surface area contributed by atoms with E-state index in [0.29, 0.717) is 29.0 Å². The molecule has 0 spiro atoms. The zero-order chi connectivity index (χ0) is 23.4. The van der Waals surface area contributed by atoms with E-state index in [0.717, 1.165) is 34.4 Å². The molecule has 0 bridgehead atoms. The van der Waals surface area contributed by atoms with Crippen molar-refractivity contribution in [3.05, 3.63) is 75.0 Å². The van der Waals surface area contributed by atoms with Gasteiger partial charge in [0.05, 0.1) is 24.8 Å². The first-order valence-electron chi connectivity index (χ1n) is 11.1. The number of rotatable bonds is 7. The number of thiazole rings is 1. The number of hydrogen-bond donors (Lipinski definition) is 0. The summed E-state index contributed by atoms with van der Waals surface area (Å²) in [6.07, 6.45) is 2.41. The monoisotopic (exact) mass is 459 g/mol. The van der Waals surface area contributed by atoms with Gasteiger partial charge in [-0.1, -0.05) is 49.4 Å². The molecule has 33 heavy (non-hydrogen) atoms. The Hall–Kier alpha value is -3.50. The van der Waals surface area contributed by atoms with E-state index in [1.807, 2.05) is 49.4 Å². The first-order chi connectivity index (χ1) is 16.0. The van der Waals surface area contributed by atoms with Gasteiger partial charge in [-0.15, -0.1) is 11.3 Å². The van der Waals surface area contributed by atoms with Crippen molar-refractivity contribution < 1.29 is 14.3 Å². The number of nitriles is 1. The zero-order valence-electron chi connectivity index (χ0n) is 18.7. The van der Waals surface area contributed by atoms with E-state index in [-0.39, 0.29) is 18.4 Å². The third-order valence-electron chi connectivity index (χ3n) is 5.55. The maximum atomic E-state index is 12.8. The summed E-state index contributed by atoms with van der Waals surface area (Å²) in [4.78, 5) is 31.0. The number of aromatic nitrogens is 1. The summed E-state index contributed by atoms with van der Waals surface area (Å²) in [7, 11) is 0. The first-order valence-corrected chi connectivity index (χ1v) is 11.9. The van der Waals surface area contributed by atoms with Crippen LogP contribution in [0.4, 0.5) is 0 Å². The molecule has 168 valence electrons. The van der Waals surface area contributed by atoms with Crippen molar-refractivity contribution >= 4 is 23.2 Å². The van der Waals surface area contributed by atoms with Gasteiger partial charge in [0.2, 0.25) is 0 Å². The second-order valence-electron chi connectivity index (χ2n) is 7.90. The van der Waals surface area contributed by atoms with Crippen LogP contribution in [-0.2, 0) is 22.5 Å². The molecule has 1 aromatic heterocycles. The lowest BCUT2D eigenvalue weighted by Crippen LogP contribution is -2.24. The zero-order valence-corrected chi connectivity index (χ0v) is 19.5. The van der Waals surface area contributed by atoms with Crippen molar-refractivity contribution in [2.45, 2.75) is 39.7 Å². The molecule has 1 fully saturated rings. The summed E-state index contributed by atoms with van der Waals surface area (Å²) >= 11 is 1.38. The summed E-state index contributed by atoms with van der Waals surface area (Å²) in [5.41, 5.74) is 3.86. The van der Waals surface area contributed by atoms with Crippen LogP contribution in [0.3, 0.4) is 0 Å². The third kappa shape index (κ3) is 4.96. The maximum Gasteiger partial charge on any atom is 0.356 e. The number of carbonyl (C=O) groups excluding carboxylic acids is 2. The Balaban J connectivity index is 1.73. The molecule has 1 amide bonds. The minimum Gasteiger partial charge on any atom is -0.461 e. The molecule has 1 heterocycles. The predicted molar refractivity (Wildman–Crippen MR) is 127 cm³/mol. The molecule has 1 aliphatic rings. The van der Waals surface area contributed by atoms with Crippen molar-refractivity contribution in [3.8, 4) is 17.2 Å². The molecule has 0 aliphatic heterocycles. The van der Waals surface area contributed by atoms with E-state index < -0.39 is 5.97 Å². The molecule has 0 unspecified atom stereocenters. The molecule has 0 saturated heterocycles. The van der Waals surface area contributed by atoms with Gasteiger partial charge in [0, 0.05) is 10.8 Å². The summed E-state index contributed by atoms with van der Waals surface area (Å²) in [6, 6.07) is 17.6. The highest BCUT2D eigenvalue weighted by molar-refractivity contribution is 7.09. The Bertz CT molecular complexity index is 1290. The van der Waals surface area contributed by atoms with E-state index in [1.54, 1.807) is 17.6 Å². The molecule has 6 nitrogen and oxygen atoms in total. The summed E-state index contributed by atoms with van der Waals surface area (Å²) in [5.74, 6) is -0.506. The molecule has 3 aromatic rings. The number of aryl methyl sites for hydroxylation is 1. The standard InChI is InChI=1S/C26H25N3O3S/c1-3-22-23(25(31)32-4-2)29(26(33-22)28-24(30)19-13-14-19)16-17-9-11-18(12-10-17)21-8-6-5-7-20(21)15-27/h5-12,19H,3-4,13-14,16H2,1-2H3. The summed E-state index contributed by atoms with van der Waals surface area (Å²) in [6.45, 7) is 4.42. The van der Waals surface area contributed by atoms with Gasteiger partial charge < -0.3 is 9.30 Å². The highest BCUT2D eigenvalue weighted by Crippen LogP contribution is 2.30. The molecule has 2 aromatic carbocycles. The van der Waals surface area contributed by atoms with Crippen molar-refractivity contribution in [1.82, 2.24) is 4.57 Å². The Morgan fingerprint density at radius 1 is 1.15 bits per heavy atom. The molecule has 0 radical (unpaired) electrons. The molecule has 0 N–H and O–H groups in total. The second kappa shape index (κ2) is 9.97. The highest BCUT2D eigenvalue weighted by Gasteiger charge is 2.30. The minimum absolute atomic E-state index is 0.0103. The third-order valence-corrected chi connectivity index (χ3v) is 6.78. The number of carbonyl (C=O) groups is 2. The predicted octanol–water partition coefficient (Wildman–Crippen LogP) is 4.71. The van der Waals surface area contributed by atoms with Gasteiger partial charge in [-0.05, 0) is 48.9 Å². The first kappa shape index (κ1) is 22.7. The quantitative estimate of drug-likeness (QED) is 0.479. The van der Waals surface area contributed by atoms with Gasteiger partial charge in [0.25, 0.3) is 5.91 Å². The average molecular weight is 460 g/mol. The van der Waals surface area contributed by atoms with E-state index >= 15 is 0 Å². The smallest absolute Gasteiger partial charge is 0.356 e. The van der Waals surface area contributed by atoms with Crippen molar-refractivity contribution in [2.75, 3.05) is 6.61 Å². The van der Waals surface area contributed by atoms with Gasteiger partial charge in [-0.25, -0.2) is 4.79 Å². The van der Waals surface area contributed by atoms with Crippen LogP contribution < -0.4 is 4.80 Å². The normalized spacial score (nSPS) is 13.5. The Kier molecular flexibility index (Phi) is 6.85. The fraction of sp³-hybridized carbons (Fsp3) is 0.308. The Labute approximate surface area is 196 Å². The lowest BCUT2D eigenvalue weighted by atomic mass is 9.99. The van der Waals surface area contributed by atoms with E-state index in [4.69, 9.17) is 4.74 Å². The summed E-state index contributed by atoms with van der Waals surface area (Å²) in [5, 5.41) is 9.39.